The number of carbonyl (C=O) groups is 1. The summed E-state index contributed by atoms with van der Waals surface area (Å²) in [6.45, 7) is 4.39. The Morgan fingerprint density at radius 1 is 1.12 bits per heavy atom. The van der Waals surface area contributed by atoms with Crippen molar-refractivity contribution < 1.29 is 13.2 Å². The van der Waals surface area contributed by atoms with Gasteiger partial charge in [0.2, 0.25) is 5.91 Å². The van der Waals surface area contributed by atoms with Gasteiger partial charge in [0.15, 0.2) is 20.8 Å². The maximum Gasteiger partial charge on any atom is 0.233 e. The predicted octanol–water partition coefficient (Wildman–Crippen LogP) is 3.57. The number of aromatic nitrogens is 3. The minimum absolute atomic E-state index is 0.00147. The monoisotopic (exact) mass is 474 g/mol. The van der Waals surface area contributed by atoms with Crippen LogP contribution in [0.1, 0.15) is 38.5 Å². The highest BCUT2D eigenvalue weighted by atomic mass is 32.2. The smallest absolute Gasteiger partial charge is 0.233 e. The number of carbonyl (C=O) groups excluding carboxylic acids is 1. The van der Waals surface area contributed by atoms with Crippen molar-refractivity contribution in [3.8, 4) is 11.4 Å². The van der Waals surface area contributed by atoms with Gasteiger partial charge in [0, 0.05) is 24.2 Å². The summed E-state index contributed by atoms with van der Waals surface area (Å²) in [4.78, 5) is 15.3. The highest BCUT2D eigenvalue weighted by Gasteiger charge is 2.38. The van der Waals surface area contributed by atoms with Crippen molar-refractivity contribution >= 4 is 27.5 Å². The summed E-state index contributed by atoms with van der Waals surface area (Å²) < 4.78 is 26.2. The van der Waals surface area contributed by atoms with E-state index in [0.29, 0.717) is 18.1 Å². The second-order valence-electron chi connectivity index (χ2n) is 8.51. The molecule has 1 aliphatic carbocycles. The van der Waals surface area contributed by atoms with Gasteiger partial charge in [-0.2, -0.15) is 0 Å². The number of benzene rings is 1. The van der Waals surface area contributed by atoms with Gasteiger partial charge in [0.25, 0.3) is 0 Å². The van der Waals surface area contributed by atoms with E-state index in [2.05, 4.69) is 16.8 Å². The molecule has 0 radical (unpaired) electrons. The maximum absolute atomic E-state index is 13.4. The summed E-state index contributed by atoms with van der Waals surface area (Å²) in [5.74, 6) is 1.22. The normalized spacial score (nSPS) is 20.8. The van der Waals surface area contributed by atoms with Gasteiger partial charge < -0.3 is 4.90 Å². The van der Waals surface area contributed by atoms with Crippen LogP contribution in [0, 0.1) is 0 Å². The van der Waals surface area contributed by atoms with Gasteiger partial charge in [-0.15, -0.1) is 16.8 Å². The zero-order valence-corrected chi connectivity index (χ0v) is 19.9. The SMILES string of the molecule is C=CCn1c(SCC(=O)N(C2CCCCC2)C2CCS(=O)(=O)C2)nnc1-c1ccccc1. The Kier molecular flexibility index (Phi) is 7.35. The zero-order valence-electron chi connectivity index (χ0n) is 18.2. The number of allylic oxidation sites excluding steroid dienone is 1. The van der Waals surface area contributed by atoms with Crippen LogP contribution in [0.25, 0.3) is 11.4 Å². The summed E-state index contributed by atoms with van der Waals surface area (Å²) >= 11 is 1.36. The van der Waals surface area contributed by atoms with Crippen LogP contribution in [-0.2, 0) is 21.2 Å². The molecule has 1 atom stereocenters. The third-order valence-corrected chi connectivity index (χ3v) is 8.94. The molecule has 1 unspecified atom stereocenters. The molecule has 1 saturated carbocycles. The van der Waals surface area contributed by atoms with Gasteiger partial charge in [-0.3, -0.25) is 9.36 Å². The maximum atomic E-state index is 13.4. The van der Waals surface area contributed by atoms with E-state index in [1.165, 1.54) is 18.2 Å². The van der Waals surface area contributed by atoms with Crippen molar-refractivity contribution in [3.05, 3.63) is 43.0 Å². The van der Waals surface area contributed by atoms with E-state index in [4.69, 9.17) is 0 Å². The van der Waals surface area contributed by atoms with E-state index in [1.54, 1.807) is 6.08 Å². The lowest BCUT2D eigenvalue weighted by Gasteiger charge is -2.38. The summed E-state index contributed by atoms with van der Waals surface area (Å²) in [5.41, 5.74) is 0.958. The molecular formula is C23H30N4O3S2. The van der Waals surface area contributed by atoms with Gasteiger partial charge in [0.1, 0.15) is 0 Å². The first-order valence-corrected chi connectivity index (χ1v) is 14.0. The highest BCUT2D eigenvalue weighted by molar-refractivity contribution is 7.99. The van der Waals surface area contributed by atoms with Crippen LogP contribution in [0.5, 0.6) is 0 Å². The van der Waals surface area contributed by atoms with Gasteiger partial charge in [0.05, 0.1) is 17.3 Å². The summed E-state index contributed by atoms with van der Waals surface area (Å²) in [6, 6.07) is 9.76. The number of rotatable bonds is 8. The molecule has 0 spiro atoms. The van der Waals surface area contributed by atoms with Gasteiger partial charge >= 0.3 is 0 Å². The Hall–Kier alpha value is -2.13. The van der Waals surface area contributed by atoms with Crippen LogP contribution in [0.15, 0.2) is 48.1 Å². The van der Waals surface area contributed by atoms with Crippen LogP contribution in [0.2, 0.25) is 0 Å². The van der Waals surface area contributed by atoms with E-state index in [9.17, 15) is 13.2 Å². The van der Waals surface area contributed by atoms with E-state index in [-0.39, 0.29) is 35.2 Å². The molecule has 0 N–H and O–H groups in total. The average Bonchev–Trinajstić information content (AvgIpc) is 3.36. The minimum Gasteiger partial charge on any atom is -0.335 e. The lowest BCUT2D eigenvalue weighted by atomic mass is 9.93. The molecule has 2 heterocycles. The fraction of sp³-hybridized carbons (Fsp3) is 0.522. The van der Waals surface area contributed by atoms with E-state index in [1.807, 2.05) is 39.8 Å². The van der Waals surface area contributed by atoms with Crippen LogP contribution in [-0.4, -0.2) is 63.3 Å². The largest absolute Gasteiger partial charge is 0.335 e. The van der Waals surface area contributed by atoms with Crippen molar-refractivity contribution in [2.24, 2.45) is 0 Å². The van der Waals surface area contributed by atoms with Gasteiger partial charge in [-0.05, 0) is 19.3 Å². The highest BCUT2D eigenvalue weighted by Crippen LogP contribution is 2.30. The molecule has 7 nitrogen and oxygen atoms in total. The number of hydrogen-bond donors (Lipinski definition) is 0. The minimum atomic E-state index is -3.06. The van der Waals surface area contributed by atoms with Gasteiger partial charge in [-0.1, -0.05) is 67.4 Å². The number of nitrogens with zero attached hydrogens (tertiary/aromatic N) is 4. The number of sulfone groups is 1. The molecule has 1 saturated heterocycles. The molecule has 32 heavy (non-hydrogen) atoms. The first-order chi connectivity index (χ1) is 15.5. The Morgan fingerprint density at radius 3 is 2.53 bits per heavy atom. The van der Waals surface area contributed by atoms with Crippen molar-refractivity contribution in [1.82, 2.24) is 19.7 Å². The van der Waals surface area contributed by atoms with E-state index >= 15 is 0 Å². The molecule has 2 aromatic rings. The first kappa shape index (κ1) is 23.0. The van der Waals surface area contributed by atoms with Crippen molar-refractivity contribution in [2.45, 2.75) is 62.3 Å². The molecule has 1 aromatic heterocycles. The fourth-order valence-electron chi connectivity index (χ4n) is 4.75. The fourth-order valence-corrected chi connectivity index (χ4v) is 7.28. The molecule has 9 heteroatoms. The lowest BCUT2D eigenvalue weighted by molar-refractivity contribution is -0.133. The molecular weight excluding hydrogens is 444 g/mol. The molecule has 2 fully saturated rings. The molecule has 2 aliphatic rings. The molecule has 4 rings (SSSR count). The first-order valence-electron chi connectivity index (χ1n) is 11.2. The second-order valence-corrected chi connectivity index (χ2v) is 11.7. The molecule has 1 aromatic carbocycles. The van der Waals surface area contributed by atoms with Crippen molar-refractivity contribution in [2.75, 3.05) is 17.3 Å². The summed E-state index contributed by atoms with van der Waals surface area (Å²) in [6.07, 6.45) is 7.61. The third-order valence-electron chi connectivity index (χ3n) is 6.24. The van der Waals surface area contributed by atoms with Gasteiger partial charge in [-0.25, -0.2) is 8.42 Å². The average molecular weight is 475 g/mol. The van der Waals surface area contributed by atoms with Crippen LogP contribution >= 0.6 is 11.8 Å². The van der Waals surface area contributed by atoms with Crippen LogP contribution < -0.4 is 0 Å². The number of amides is 1. The van der Waals surface area contributed by atoms with Crippen LogP contribution in [0.3, 0.4) is 0 Å². The standard InChI is InChI=1S/C23H30N4O3S2/c1-2-14-26-22(18-9-5-3-6-10-18)24-25-23(26)31-16-21(28)27(19-11-7-4-8-12-19)20-13-15-32(29,30)17-20/h2-3,5-6,9-10,19-20H,1,4,7-8,11-17H2. The zero-order chi connectivity index (χ0) is 22.6. The van der Waals surface area contributed by atoms with E-state index in [0.717, 1.165) is 37.1 Å². The number of hydrogen-bond acceptors (Lipinski definition) is 6. The molecule has 1 amide bonds. The third kappa shape index (κ3) is 5.26. The summed E-state index contributed by atoms with van der Waals surface area (Å²) in [7, 11) is -3.06. The number of thioether (sulfide) groups is 1. The second kappa shape index (κ2) is 10.2. The Bertz CT molecular complexity index is 1050. The van der Waals surface area contributed by atoms with E-state index < -0.39 is 9.84 Å². The summed E-state index contributed by atoms with van der Waals surface area (Å²) in [5, 5.41) is 9.36. The van der Waals surface area contributed by atoms with Crippen molar-refractivity contribution in [1.29, 1.82) is 0 Å². The molecule has 0 bridgehead atoms. The Labute approximate surface area is 194 Å². The lowest BCUT2D eigenvalue weighted by Crippen LogP contribution is -2.49. The topological polar surface area (TPSA) is 85.2 Å². The predicted molar refractivity (Wildman–Crippen MR) is 127 cm³/mol. The quantitative estimate of drug-likeness (QED) is 0.430. The molecule has 1 aliphatic heterocycles. The molecule has 172 valence electrons. The Balaban J connectivity index is 1.51. The van der Waals surface area contributed by atoms with Crippen LogP contribution in [0.4, 0.5) is 0 Å². The Morgan fingerprint density at radius 2 is 1.88 bits per heavy atom. The van der Waals surface area contributed by atoms with Crippen molar-refractivity contribution in [3.63, 3.8) is 0 Å².